The molecule has 0 radical (unpaired) electrons. The van der Waals surface area contributed by atoms with Gasteiger partial charge in [-0.3, -0.25) is 9.59 Å². The molecule has 58 heavy (non-hydrogen) atoms. The highest BCUT2D eigenvalue weighted by Crippen LogP contribution is 2.19. The predicted molar refractivity (Wildman–Crippen MR) is 244 cm³/mol. The molecular weight excluding hydrogens is 725 g/mol. The monoisotopic (exact) mass is 819 g/mol. The van der Waals surface area contributed by atoms with Crippen molar-refractivity contribution in [3.05, 3.63) is 12.3 Å². The first-order chi connectivity index (χ1) is 28.4. The fraction of sp³-hybridized carbons (Fsp3) is 0.898. The van der Waals surface area contributed by atoms with Gasteiger partial charge in [-0.15, -0.1) is 0 Å². The van der Waals surface area contributed by atoms with Crippen LogP contribution >= 0.6 is 0 Å². The van der Waals surface area contributed by atoms with Crippen LogP contribution in [0.5, 0.6) is 0 Å². The zero-order valence-electron chi connectivity index (χ0n) is 38.4. The minimum Gasteiger partial charge on any atom is -0.466 e. The number of hydrogen-bond donors (Lipinski definition) is 2. The van der Waals surface area contributed by atoms with Crippen LogP contribution in [-0.2, 0) is 19.1 Å². The summed E-state index contributed by atoms with van der Waals surface area (Å²) in [6, 6.07) is -0.127. The molecule has 0 saturated heterocycles. The highest BCUT2D eigenvalue weighted by molar-refractivity contribution is 5.76. The zero-order valence-corrected chi connectivity index (χ0v) is 38.4. The minimum absolute atomic E-state index is 0.00564. The molecule has 0 aliphatic carbocycles. The Morgan fingerprint density at radius 2 is 1.03 bits per heavy atom. The number of carbonyl (C=O) groups excluding carboxylic acids is 3. The van der Waals surface area contributed by atoms with Crippen LogP contribution in [0.1, 0.15) is 239 Å². The maximum Gasteiger partial charge on any atom is 0.322 e. The standard InChI is InChI=1S/C49H94N4O5/c1-4-7-10-13-16-25-32-44-57-47(54)36-28-21-17-23-30-39-52(41-33-42-53-43-38-46(50)51-49(53)56)40-31-24-18-22-29-37-48(55)58-45(34-26-19-14-11-8-5-2)35-27-20-15-12-9-6-3/h38,43,45-46H,4-37,39-42,44,50H2,1-3H3,(H,51,56). The lowest BCUT2D eigenvalue weighted by molar-refractivity contribution is -0.150. The van der Waals surface area contributed by atoms with E-state index in [0.29, 0.717) is 26.0 Å². The van der Waals surface area contributed by atoms with Gasteiger partial charge in [0.05, 0.1) is 12.8 Å². The van der Waals surface area contributed by atoms with Crippen LogP contribution in [0.3, 0.4) is 0 Å². The van der Waals surface area contributed by atoms with Crippen molar-refractivity contribution in [1.29, 1.82) is 0 Å². The second kappa shape index (κ2) is 40.3. The molecule has 0 bridgehead atoms. The van der Waals surface area contributed by atoms with Crippen LogP contribution in [0, 0.1) is 0 Å². The van der Waals surface area contributed by atoms with Crippen molar-refractivity contribution in [3.63, 3.8) is 0 Å². The number of unbranched alkanes of at least 4 members (excludes halogenated alkanes) is 24. The van der Waals surface area contributed by atoms with Gasteiger partial charge in [0, 0.05) is 25.6 Å². The van der Waals surface area contributed by atoms with Gasteiger partial charge < -0.3 is 30.3 Å². The molecule has 0 fully saturated rings. The van der Waals surface area contributed by atoms with Gasteiger partial charge in [0.15, 0.2) is 0 Å². The van der Waals surface area contributed by atoms with Crippen LogP contribution in [-0.4, -0.2) is 72.8 Å². The third-order valence-electron chi connectivity index (χ3n) is 11.7. The van der Waals surface area contributed by atoms with Gasteiger partial charge in [-0.1, -0.05) is 162 Å². The normalized spacial score (nSPS) is 14.1. The number of nitrogens with one attached hydrogen (secondary N) is 1. The SMILES string of the molecule is CCCCCCCCCOC(=O)CCCCCCCN(CCCCCCCC(=O)OC(CCCCCCCC)CCCCCCCC)CCCN1C=CC(N)NC1=O. The average Bonchev–Trinajstić information content (AvgIpc) is 3.21. The van der Waals surface area contributed by atoms with Gasteiger partial charge in [-0.2, -0.15) is 0 Å². The third kappa shape index (κ3) is 33.7. The Morgan fingerprint density at radius 1 is 0.603 bits per heavy atom. The van der Waals surface area contributed by atoms with E-state index < -0.39 is 6.17 Å². The summed E-state index contributed by atoms with van der Waals surface area (Å²) in [6.07, 6.45) is 42.1. The molecule has 1 atom stereocenters. The van der Waals surface area contributed by atoms with Crippen LogP contribution in [0.4, 0.5) is 4.79 Å². The number of nitrogens with two attached hydrogens (primary N) is 1. The molecule has 0 saturated carbocycles. The van der Waals surface area contributed by atoms with Crippen LogP contribution in [0.25, 0.3) is 0 Å². The van der Waals surface area contributed by atoms with E-state index in [1.54, 1.807) is 11.1 Å². The molecule has 0 aromatic rings. The molecule has 9 nitrogen and oxygen atoms in total. The van der Waals surface area contributed by atoms with Crippen molar-refractivity contribution in [1.82, 2.24) is 15.1 Å². The van der Waals surface area contributed by atoms with Crippen molar-refractivity contribution in [2.45, 2.75) is 251 Å². The van der Waals surface area contributed by atoms with E-state index in [0.717, 1.165) is 116 Å². The number of amides is 2. The van der Waals surface area contributed by atoms with Crippen molar-refractivity contribution in [3.8, 4) is 0 Å². The lowest BCUT2D eigenvalue weighted by Gasteiger charge is -2.27. The van der Waals surface area contributed by atoms with E-state index >= 15 is 0 Å². The average molecular weight is 819 g/mol. The number of nitrogens with zero attached hydrogens (tertiary/aromatic N) is 2. The largest absolute Gasteiger partial charge is 0.466 e. The first kappa shape index (κ1) is 53.9. The minimum atomic E-state index is -0.409. The number of urea groups is 1. The first-order valence-corrected chi connectivity index (χ1v) is 25.0. The summed E-state index contributed by atoms with van der Waals surface area (Å²) in [5, 5.41) is 2.77. The highest BCUT2D eigenvalue weighted by atomic mass is 16.5. The summed E-state index contributed by atoms with van der Waals surface area (Å²) < 4.78 is 11.5. The second-order valence-electron chi connectivity index (χ2n) is 17.3. The Hall–Kier alpha value is -2.13. The van der Waals surface area contributed by atoms with E-state index in [9.17, 15) is 14.4 Å². The van der Waals surface area contributed by atoms with Crippen molar-refractivity contribution >= 4 is 18.0 Å². The third-order valence-corrected chi connectivity index (χ3v) is 11.7. The molecule has 3 N–H and O–H groups in total. The van der Waals surface area contributed by atoms with E-state index in [2.05, 4.69) is 31.0 Å². The van der Waals surface area contributed by atoms with Crippen LogP contribution in [0.15, 0.2) is 12.3 Å². The number of hydrogen-bond acceptors (Lipinski definition) is 7. The predicted octanol–water partition coefficient (Wildman–Crippen LogP) is 12.9. The molecule has 2 amide bonds. The molecule has 1 unspecified atom stereocenters. The number of esters is 2. The summed E-state index contributed by atoms with van der Waals surface area (Å²) in [4.78, 5) is 41.6. The number of rotatable bonds is 43. The molecule has 0 aromatic carbocycles. The van der Waals surface area contributed by atoms with Gasteiger partial charge in [0.2, 0.25) is 0 Å². The Bertz CT molecular complexity index is 978. The zero-order chi connectivity index (χ0) is 42.2. The van der Waals surface area contributed by atoms with E-state index in [1.807, 2.05) is 6.08 Å². The molecule has 1 aliphatic heterocycles. The lowest BCUT2D eigenvalue weighted by atomic mass is 10.0. The quantitative estimate of drug-likeness (QED) is 0.0465. The smallest absolute Gasteiger partial charge is 0.322 e. The highest BCUT2D eigenvalue weighted by Gasteiger charge is 2.18. The molecule has 1 heterocycles. The summed E-state index contributed by atoms with van der Waals surface area (Å²) in [5.41, 5.74) is 5.82. The van der Waals surface area contributed by atoms with E-state index in [4.69, 9.17) is 15.2 Å². The number of carbonyl (C=O) groups is 3. The molecule has 0 aromatic heterocycles. The van der Waals surface area contributed by atoms with Crippen LogP contribution in [0.2, 0.25) is 0 Å². The van der Waals surface area contributed by atoms with Gasteiger partial charge >= 0.3 is 18.0 Å². The molecule has 1 rings (SSSR count). The Kier molecular flexibility index (Phi) is 37.4. The van der Waals surface area contributed by atoms with Gasteiger partial charge in [0.1, 0.15) is 6.10 Å². The number of ether oxygens (including phenoxy) is 2. The summed E-state index contributed by atoms with van der Waals surface area (Å²) >= 11 is 0. The van der Waals surface area contributed by atoms with Crippen molar-refractivity contribution in [2.24, 2.45) is 5.73 Å². The van der Waals surface area contributed by atoms with Crippen LogP contribution < -0.4 is 11.1 Å². The topological polar surface area (TPSA) is 114 Å². The molecular formula is C49H94N4O5. The van der Waals surface area contributed by atoms with Crippen molar-refractivity contribution in [2.75, 3.05) is 32.8 Å². The molecule has 9 heteroatoms. The summed E-state index contributed by atoms with van der Waals surface area (Å²) in [6.45, 7) is 11.1. The van der Waals surface area contributed by atoms with E-state index in [-0.39, 0.29) is 24.1 Å². The fourth-order valence-corrected chi connectivity index (χ4v) is 7.91. The Labute approximate surface area is 358 Å². The maximum absolute atomic E-state index is 12.8. The summed E-state index contributed by atoms with van der Waals surface area (Å²) in [5.74, 6) is -0.0337. The molecule has 340 valence electrons. The Morgan fingerprint density at radius 3 is 1.55 bits per heavy atom. The first-order valence-electron chi connectivity index (χ1n) is 25.0. The van der Waals surface area contributed by atoms with E-state index in [1.165, 1.54) is 109 Å². The van der Waals surface area contributed by atoms with Gasteiger partial charge in [-0.05, 0) is 89.9 Å². The van der Waals surface area contributed by atoms with Crippen molar-refractivity contribution < 1.29 is 23.9 Å². The molecule has 1 aliphatic rings. The Balaban J connectivity index is 2.34. The summed E-state index contributed by atoms with van der Waals surface area (Å²) in [7, 11) is 0. The lowest BCUT2D eigenvalue weighted by Crippen LogP contribution is -2.49. The van der Waals surface area contributed by atoms with Gasteiger partial charge in [-0.25, -0.2) is 4.79 Å². The fourth-order valence-electron chi connectivity index (χ4n) is 7.91. The second-order valence-corrected chi connectivity index (χ2v) is 17.3. The molecule has 0 spiro atoms. The van der Waals surface area contributed by atoms with Gasteiger partial charge in [0.25, 0.3) is 0 Å². The maximum atomic E-state index is 12.8.